The van der Waals surface area contributed by atoms with Gasteiger partial charge in [-0.3, -0.25) is 14.6 Å². The highest BCUT2D eigenvalue weighted by Gasteiger charge is 2.56. The lowest BCUT2D eigenvalue weighted by molar-refractivity contribution is -0.274. The molecule has 1 saturated heterocycles. The van der Waals surface area contributed by atoms with Crippen molar-refractivity contribution in [2.75, 3.05) is 13.1 Å². The minimum atomic E-state index is -4.81. The third-order valence-corrected chi connectivity index (χ3v) is 5.62. The number of likely N-dealkylation sites (tertiary alicyclic amines) is 1. The number of rotatable bonds is 7. The summed E-state index contributed by atoms with van der Waals surface area (Å²) >= 11 is 0. The summed E-state index contributed by atoms with van der Waals surface area (Å²) in [5, 5.41) is 11.8. The van der Waals surface area contributed by atoms with Gasteiger partial charge >= 0.3 is 6.36 Å². The number of benzene rings is 1. The Morgan fingerprint density at radius 3 is 2.53 bits per heavy atom. The number of nitrogens with one attached hydrogen (secondary N) is 1. The number of nitrogens with zero attached hydrogens (tertiary/aromatic N) is 3. The van der Waals surface area contributed by atoms with E-state index in [1.54, 1.807) is 0 Å². The van der Waals surface area contributed by atoms with Gasteiger partial charge in [0.2, 0.25) is 5.91 Å². The van der Waals surface area contributed by atoms with Gasteiger partial charge < -0.3 is 15.0 Å². The molecule has 12 heteroatoms. The van der Waals surface area contributed by atoms with Crippen LogP contribution < -0.4 is 10.1 Å². The molecule has 1 atom stereocenters. The zero-order chi connectivity index (χ0) is 26.6. The van der Waals surface area contributed by atoms with Crippen molar-refractivity contribution in [3.63, 3.8) is 0 Å². The number of ether oxygens (including phenoxy) is 1. The summed E-state index contributed by atoms with van der Waals surface area (Å²) in [6, 6.07) is 8.24. The summed E-state index contributed by atoms with van der Waals surface area (Å²) in [6.45, 7) is 0.0413. The number of hydrogen-bond donors (Lipinski definition) is 1. The molecule has 7 nitrogen and oxygen atoms in total. The maximum Gasteiger partial charge on any atom is 0.573 e. The van der Waals surface area contributed by atoms with Crippen molar-refractivity contribution >= 4 is 24.0 Å². The molecule has 1 aromatic carbocycles. The van der Waals surface area contributed by atoms with Crippen molar-refractivity contribution in [2.24, 2.45) is 0 Å². The lowest BCUT2D eigenvalue weighted by atomic mass is 9.94. The van der Waals surface area contributed by atoms with Crippen LogP contribution in [-0.2, 0) is 4.79 Å². The third-order valence-electron chi connectivity index (χ3n) is 5.62. The van der Waals surface area contributed by atoms with Gasteiger partial charge in [-0.1, -0.05) is 31.2 Å². The maximum absolute atomic E-state index is 14.0. The fraction of sp³-hybridized carbons (Fsp3) is 0.333. The quantitative estimate of drug-likeness (QED) is 0.559. The van der Waals surface area contributed by atoms with Crippen molar-refractivity contribution in [3.05, 3.63) is 59.4 Å². The van der Waals surface area contributed by atoms with Crippen molar-refractivity contribution in [3.8, 4) is 11.8 Å². The molecule has 2 aromatic rings. The van der Waals surface area contributed by atoms with Crippen LogP contribution >= 0.6 is 0 Å². The second kappa shape index (κ2) is 10.3. The van der Waals surface area contributed by atoms with E-state index in [4.69, 9.17) is 0 Å². The highest BCUT2D eigenvalue weighted by atomic mass is 19.4. The van der Waals surface area contributed by atoms with Crippen LogP contribution in [0.3, 0.4) is 0 Å². The van der Waals surface area contributed by atoms with Crippen molar-refractivity contribution < 1.29 is 36.3 Å². The molecule has 0 spiro atoms. The number of pyridine rings is 1. The molecule has 1 N–H and O–H groups in total. The number of amides is 2. The van der Waals surface area contributed by atoms with Crippen LogP contribution in [0.5, 0.6) is 5.75 Å². The molecule has 2 amide bonds. The van der Waals surface area contributed by atoms with E-state index in [9.17, 15) is 36.8 Å². The molecule has 1 fully saturated rings. The zero-order valence-corrected chi connectivity index (χ0v) is 19.0. The van der Waals surface area contributed by atoms with Gasteiger partial charge in [0.25, 0.3) is 11.8 Å². The van der Waals surface area contributed by atoms with Crippen LogP contribution in [0.2, 0.25) is 0 Å². The summed E-state index contributed by atoms with van der Waals surface area (Å²) in [5.74, 6) is -5.07. The second-order valence-corrected chi connectivity index (χ2v) is 8.11. The topological polar surface area (TPSA) is 95.3 Å². The minimum Gasteiger partial charge on any atom is -0.406 e. The average Bonchev–Trinajstić information content (AvgIpc) is 3.12. The van der Waals surface area contributed by atoms with E-state index in [1.165, 1.54) is 49.7 Å². The first-order valence-corrected chi connectivity index (χ1v) is 10.7. The molecule has 0 unspecified atom stereocenters. The van der Waals surface area contributed by atoms with Crippen molar-refractivity contribution in [2.45, 2.75) is 37.6 Å². The summed E-state index contributed by atoms with van der Waals surface area (Å²) < 4.78 is 68.6. The lowest BCUT2D eigenvalue weighted by Crippen LogP contribution is -2.49. The minimum absolute atomic E-state index is 0.0153. The molecule has 1 aromatic heterocycles. The number of hydrogen-bond acceptors (Lipinski definition) is 5. The SMILES string of the molecule is CC[C@@]1(C#N)CC(F)(F)CN1C(=O)CNC(=O)c1ccncc1/C=C/c1ccc(OC(F)(F)F)cc1. The predicted molar refractivity (Wildman–Crippen MR) is 119 cm³/mol. The Morgan fingerprint density at radius 2 is 1.92 bits per heavy atom. The summed E-state index contributed by atoms with van der Waals surface area (Å²) in [7, 11) is 0. The first-order chi connectivity index (χ1) is 16.9. The van der Waals surface area contributed by atoms with Crippen molar-refractivity contribution in [1.82, 2.24) is 15.2 Å². The molecule has 1 aliphatic rings. The summed E-state index contributed by atoms with van der Waals surface area (Å²) in [5.41, 5.74) is -0.667. The average molecular weight is 508 g/mol. The Balaban J connectivity index is 1.68. The van der Waals surface area contributed by atoms with Crippen LogP contribution in [0.4, 0.5) is 22.0 Å². The number of aromatic nitrogens is 1. The van der Waals surface area contributed by atoms with E-state index in [1.807, 2.05) is 6.07 Å². The van der Waals surface area contributed by atoms with Crippen molar-refractivity contribution in [1.29, 1.82) is 5.26 Å². The van der Waals surface area contributed by atoms with Gasteiger partial charge in [-0.15, -0.1) is 13.2 Å². The molecule has 0 aliphatic carbocycles. The summed E-state index contributed by atoms with van der Waals surface area (Å²) in [4.78, 5) is 30.1. The standard InChI is InChI=1S/C24H21F5N4O3/c1-2-22(14-30)13-23(25,26)15-33(22)20(34)12-32-21(35)19-9-10-31-11-17(19)6-3-16-4-7-18(8-5-16)36-24(27,28)29/h3-11H,2,12-13,15H2,1H3,(H,32,35)/b6-3+/t22-/m0/s1. The molecule has 3 rings (SSSR count). The molecule has 1 aliphatic heterocycles. The van der Waals surface area contributed by atoms with Gasteiger partial charge in [0, 0.05) is 29.9 Å². The monoisotopic (exact) mass is 508 g/mol. The Morgan fingerprint density at radius 1 is 1.22 bits per heavy atom. The van der Waals surface area contributed by atoms with Crippen LogP contribution in [0, 0.1) is 11.3 Å². The molecule has 36 heavy (non-hydrogen) atoms. The van der Waals surface area contributed by atoms with E-state index in [-0.39, 0.29) is 17.7 Å². The Bertz CT molecular complexity index is 1190. The predicted octanol–water partition coefficient (Wildman–Crippen LogP) is 4.42. The van der Waals surface area contributed by atoms with Crippen LogP contribution in [-0.4, -0.2) is 52.6 Å². The van der Waals surface area contributed by atoms with Crippen LogP contribution in [0.25, 0.3) is 12.2 Å². The van der Waals surface area contributed by atoms with Gasteiger partial charge in [0.1, 0.15) is 11.3 Å². The molecular formula is C24H21F5N4O3. The van der Waals surface area contributed by atoms with Gasteiger partial charge in [0.15, 0.2) is 0 Å². The van der Waals surface area contributed by atoms with E-state index in [0.717, 1.165) is 17.0 Å². The van der Waals surface area contributed by atoms with Gasteiger partial charge in [-0.2, -0.15) is 5.26 Å². The maximum atomic E-state index is 14.0. The highest BCUT2D eigenvalue weighted by molar-refractivity contribution is 6.00. The fourth-order valence-electron chi connectivity index (χ4n) is 3.84. The molecular weight excluding hydrogens is 487 g/mol. The van der Waals surface area contributed by atoms with Gasteiger partial charge in [-0.25, -0.2) is 8.78 Å². The first kappa shape index (κ1) is 26.6. The number of halogens is 5. The van der Waals surface area contributed by atoms with Crippen LogP contribution in [0.1, 0.15) is 41.3 Å². The summed E-state index contributed by atoms with van der Waals surface area (Å²) in [6.07, 6.45) is 0.187. The largest absolute Gasteiger partial charge is 0.573 e. The zero-order valence-electron chi connectivity index (χ0n) is 19.0. The normalized spacial score (nSPS) is 19.2. The third kappa shape index (κ3) is 6.35. The smallest absolute Gasteiger partial charge is 0.406 e. The molecule has 2 heterocycles. The van der Waals surface area contributed by atoms with E-state index in [0.29, 0.717) is 11.1 Å². The number of carbonyl (C=O) groups is 2. The molecule has 0 saturated carbocycles. The fourth-order valence-corrected chi connectivity index (χ4v) is 3.84. The van der Waals surface area contributed by atoms with Crippen LogP contribution in [0.15, 0.2) is 42.7 Å². The van der Waals surface area contributed by atoms with Gasteiger partial charge in [-0.05, 0) is 30.2 Å². The Labute approximate surface area is 203 Å². The van der Waals surface area contributed by atoms with E-state index in [2.05, 4.69) is 15.0 Å². The van der Waals surface area contributed by atoms with Gasteiger partial charge in [0.05, 0.1) is 19.2 Å². The number of alkyl halides is 5. The van der Waals surface area contributed by atoms with E-state index >= 15 is 0 Å². The first-order valence-electron chi connectivity index (χ1n) is 10.7. The molecule has 0 radical (unpaired) electrons. The lowest BCUT2D eigenvalue weighted by Gasteiger charge is -2.30. The Hall–Kier alpha value is -4.01. The molecule has 190 valence electrons. The highest BCUT2D eigenvalue weighted by Crippen LogP contribution is 2.41. The number of carbonyl (C=O) groups excluding carboxylic acids is 2. The molecule has 0 bridgehead atoms. The second-order valence-electron chi connectivity index (χ2n) is 8.11. The van der Waals surface area contributed by atoms with E-state index < -0.39 is 49.1 Å². The Kier molecular flexibility index (Phi) is 7.62. The number of nitriles is 1.